The molecule has 2 aliphatic rings. The summed E-state index contributed by atoms with van der Waals surface area (Å²) in [5, 5.41) is 13.3. The van der Waals surface area contributed by atoms with E-state index in [4.69, 9.17) is 10.8 Å². The number of carbonyl (C=O) groups excluding carboxylic acids is 3. The Morgan fingerprint density at radius 1 is 1.20 bits per heavy atom. The van der Waals surface area contributed by atoms with E-state index in [2.05, 4.69) is 33.6 Å². The Kier molecular flexibility index (Phi) is 11.9. The molecule has 1 aromatic heterocycles. The van der Waals surface area contributed by atoms with Crippen molar-refractivity contribution in [1.29, 1.82) is 0 Å². The third kappa shape index (κ3) is 9.26. The maximum Gasteiger partial charge on any atom is 0.245 e. The zero-order valence-electron chi connectivity index (χ0n) is 25.6. The number of aromatic hydroxyl groups is 1. The number of nitrogens with zero attached hydrogens (tertiary/aromatic N) is 6. The normalized spacial score (nSPS) is 16.7. The molecule has 4 rings (SSSR count). The number of nitrogens with one attached hydrogen (secondary N) is 1. The molecule has 0 spiro atoms. The highest BCUT2D eigenvalue weighted by molar-refractivity contribution is 5.88. The van der Waals surface area contributed by atoms with Crippen LogP contribution < -0.4 is 16.1 Å². The van der Waals surface area contributed by atoms with Crippen molar-refractivity contribution < 1.29 is 28.3 Å². The van der Waals surface area contributed by atoms with E-state index in [-0.39, 0.29) is 32.6 Å². The molecule has 2 fully saturated rings. The highest BCUT2D eigenvalue weighted by Crippen LogP contribution is 2.24. The van der Waals surface area contributed by atoms with Gasteiger partial charge in [0.25, 0.3) is 0 Å². The topological polar surface area (TPSA) is 139 Å². The van der Waals surface area contributed by atoms with Crippen LogP contribution in [0.3, 0.4) is 0 Å². The molecule has 2 aromatic rings. The maximum absolute atomic E-state index is 14.7. The number of piperazine rings is 1. The summed E-state index contributed by atoms with van der Waals surface area (Å²) in [5.41, 5.74) is 0.0753. The second-order valence-electron chi connectivity index (χ2n) is 11.5. The Bertz CT molecular complexity index is 1330. The SMILES string of the molecule is C=CCN(N)CC(=O)N[C@@H](Cc1c(F)cc(O)cc1F)C(=O)N(CCC=O)Cc1cccc(N2CC(N3CCN(C)CC3)C2)n1. The van der Waals surface area contributed by atoms with E-state index in [0.29, 0.717) is 18.0 Å². The molecule has 0 bridgehead atoms. The molecular formula is C31H42F2N8O4. The van der Waals surface area contributed by atoms with E-state index in [1.165, 1.54) is 11.0 Å². The summed E-state index contributed by atoms with van der Waals surface area (Å²) in [6.07, 6.45) is 1.62. The standard InChI is InChI=1S/C31H42F2N8O4/c1-3-8-41(34)21-30(44)36-28(17-25-26(32)15-24(43)16-27(25)33)31(45)39(9-5-14-42)18-22-6-4-7-29(35-22)40-19-23(20-40)38-12-10-37(2)11-13-38/h3-4,6-7,14-16,23,28,43H,1,5,8-13,17-21,34H2,2H3,(H,36,44)/t28-/m0/s1. The van der Waals surface area contributed by atoms with Gasteiger partial charge in [0, 0.05) is 88.9 Å². The Hall–Kier alpha value is -3.98. The average molecular weight is 629 g/mol. The maximum atomic E-state index is 14.7. The van der Waals surface area contributed by atoms with Crippen LogP contribution in [0.15, 0.2) is 43.0 Å². The minimum atomic E-state index is -1.40. The summed E-state index contributed by atoms with van der Waals surface area (Å²) in [6.45, 7) is 9.28. The number of hydrazine groups is 1. The van der Waals surface area contributed by atoms with E-state index in [1.54, 1.807) is 6.07 Å². The molecule has 1 atom stereocenters. The molecule has 45 heavy (non-hydrogen) atoms. The molecule has 2 saturated heterocycles. The van der Waals surface area contributed by atoms with Crippen LogP contribution in [0.2, 0.25) is 0 Å². The van der Waals surface area contributed by atoms with Gasteiger partial charge in [-0.3, -0.25) is 20.3 Å². The number of pyridine rings is 1. The number of aromatic nitrogens is 1. The molecule has 244 valence electrons. The quantitative estimate of drug-likeness (QED) is 0.111. The van der Waals surface area contributed by atoms with Crippen LogP contribution in [0.5, 0.6) is 5.75 Å². The number of halogens is 2. The molecule has 2 amide bonds. The first-order chi connectivity index (χ1) is 21.6. The van der Waals surface area contributed by atoms with Gasteiger partial charge in [0.1, 0.15) is 35.5 Å². The fraction of sp³-hybridized carbons (Fsp3) is 0.484. The summed E-state index contributed by atoms with van der Waals surface area (Å²) >= 11 is 0. The third-order valence-corrected chi connectivity index (χ3v) is 8.09. The molecule has 0 radical (unpaired) electrons. The molecule has 2 aliphatic heterocycles. The molecule has 0 aliphatic carbocycles. The van der Waals surface area contributed by atoms with Gasteiger partial charge in [-0.25, -0.2) is 18.8 Å². The fourth-order valence-electron chi connectivity index (χ4n) is 5.53. The van der Waals surface area contributed by atoms with Crippen LogP contribution in [0, 0.1) is 11.6 Å². The lowest BCUT2D eigenvalue weighted by atomic mass is 10.0. The average Bonchev–Trinajstić information content (AvgIpc) is 2.96. The molecule has 1 aromatic carbocycles. The lowest BCUT2D eigenvalue weighted by molar-refractivity contribution is -0.137. The minimum Gasteiger partial charge on any atom is -0.508 e. The Balaban J connectivity index is 1.50. The van der Waals surface area contributed by atoms with Crippen molar-refractivity contribution in [2.45, 2.75) is 31.5 Å². The highest BCUT2D eigenvalue weighted by Gasteiger charge is 2.34. The number of hydrogen-bond acceptors (Lipinski definition) is 10. The van der Waals surface area contributed by atoms with E-state index in [9.17, 15) is 28.3 Å². The van der Waals surface area contributed by atoms with Crippen LogP contribution in [-0.2, 0) is 27.3 Å². The van der Waals surface area contributed by atoms with Gasteiger partial charge in [0.05, 0.1) is 18.8 Å². The number of amides is 2. The summed E-state index contributed by atoms with van der Waals surface area (Å²) in [6, 6.07) is 6.03. The number of aldehydes is 1. The zero-order valence-corrected chi connectivity index (χ0v) is 25.6. The number of likely N-dealkylation sites (N-methyl/N-ethyl adjacent to an activating group) is 1. The summed E-state index contributed by atoms with van der Waals surface area (Å²) in [4.78, 5) is 51.1. The van der Waals surface area contributed by atoms with Gasteiger partial charge < -0.3 is 29.9 Å². The molecule has 0 saturated carbocycles. The number of carbonyl (C=O) groups is 3. The first-order valence-corrected chi connectivity index (χ1v) is 15.0. The predicted molar refractivity (Wildman–Crippen MR) is 165 cm³/mol. The van der Waals surface area contributed by atoms with Crippen molar-refractivity contribution in [3.63, 3.8) is 0 Å². The number of anilines is 1. The van der Waals surface area contributed by atoms with Gasteiger partial charge in [0.15, 0.2) is 0 Å². The fourth-order valence-corrected chi connectivity index (χ4v) is 5.53. The predicted octanol–water partition coefficient (Wildman–Crippen LogP) is 0.508. The highest BCUT2D eigenvalue weighted by atomic mass is 19.1. The second kappa shape index (κ2) is 15.8. The first kappa shape index (κ1) is 33.9. The number of phenols is 1. The Morgan fingerprint density at radius 2 is 1.89 bits per heavy atom. The Morgan fingerprint density at radius 3 is 2.53 bits per heavy atom. The van der Waals surface area contributed by atoms with Gasteiger partial charge in [-0.15, -0.1) is 6.58 Å². The minimum absolute atomic E-state index is 0.00261. The van der Waals surface area contributed by atoms with Crippen molar-refractivity contribution >= 4 is 23.9 Å². The first-order valence-electron chi connectivity index (χ1n) is 15.0. The molecule has 12 nitrogen and oxygen atoms in total. The van der Waals surface area contributed by atoms with Crippen molar-refractivity contribution in [2.75, 3.05) is 70.9 Å². The van der Waals surface area contributed by atoms with Gasteiger partial charge in [-0.2, -0.15) is 0 Å². The van der Waals surface area contributed by atoms with Crippen LogP contribution in [0.1, 0.15) is 17.7 Å². The van der Waals surface area contributed by atoms with Gasteiger partial charge in [0.2, 0.25) is 11.8 Å². The summed E-state index contributed by atoms with van der Waals surface area (Å²) in [5.74, 6) is 2.51. The largest absolute Gasteiger partial charge is 0.508 e. The van der Waals surface area contributed by atoms with Crippen molar-refractivity contribution in [2.24, 2.45) is 5.84 Å². The second-order valence-corrected chi connectivity index (χ2v) is 11.5. The van der Waals surface area contributed by atoms with E-state index in [1.807, 2.05) is 12.1 Å². The molecule has 4 N–H and O–H groups in total. The van der Waals surface area contributed by atoms with Gasteiger partial charge in [-0.1, -0.05) is 12.1 Å². The molecule has 3 heterocycles. The van der Waals surface area contributed by atoms with Crippen LogP contribution in [0.4, 0.5) is 14.6 Å². The molecule has 14 heteroatoms. The lowest BCUT2D eigenvalue weighted by Gasteiger charge is -2.48. The van der Waals surface area contributed by atoms with Crippen LogP contribution in [0.25, 0.3) is 0 Å². The third-order valence-electron chi connectivity index (χ3n) is 8.09. The summed E-state index contributed by atoms with van der Waals surface area (Å²) < 4.78 is 29.4. The molecular weight excluding hydrogens is 586 g/mol. The van der Waals surface area contributed by atoms with Crippen molar-refractivity contribution in [1.82, 2.24) is 30.0 Å². The lowest BCUT2D eigenvalue weighted by Crippen LogP contribution is -2.63. The van der Waals surface area contributed by atoms with Gasteiger partial charge in [-0.05, 0) is 19.2 Å². The Labute approximate surface area is 262 Å². The number of hydrogen-bond donors (Lipinski definition) is 3. The van der Waals surface area contributed by atoms with Crippen molar-refractivity contribution in [3.05, 3.63) is 65.9 Å². The number of benzene rings is 1. The zero-order chi connectivity index (χ0) is 32.5. The summed E-state index contributed by atoms with van der Waals surface area (Å²) in [7, 11) is 2.13. The number of rotatable bonds is 15. The van der Waals surface area contributed by atoms with E-state index in [0.717, 1.165) is 62.2 Å². The number of phenolic OH excluding ortho intramolecular Hbond substituents is 1. The number of nitrogens with two attached hydrogens (primary N) is 1. The smallest absolute Gasteiger partial charge is 0.245 e. The van der Waals surface area contributed by atoms with Crippen LogP contribution >= 0.6 is 0 Å². The van der Waals surface area contributed by atoms with Crippen molar-refractivity contribution in [3.8, 4) is 5.75 Å². The van der Waals surface area contributed by atoms with E-state index < -0.39 is 47.2 Å². The van der Waals surface area contributed by atoms with Gasteiger partial charge >= 0.3 is 0 Å². The monoisotopic (exact) mass is 628 g/mol. The van der Waals surface area contributed by atoms with Crippen LogP contribution in [-0.4, -0.2) is 126 Å². The molecule has 0 unspecified atom stereocenters. The van der Waals surface area contributed by atoms with E-state index >= 15 is 0 Å².